The summed E-state index contributed by atoms with van der Waals surface area (Å²) in [7, 11) is 1.76. The fraction of sp³-hybridized carbons (Fsp3) is 0.560. The van der Waals surface area contributed by atoms with Gasteiger partial charge in [-0.1, -0.05) is 25.0 Å². The smallest absolute Gasteiger partial charge is 0.314 e. The van der Waals surface area contributed by atoms with Gasteiger partial charge in [-0.25, -0.2) is 4.79 Å². The van der Waals surface area contributed by atoms with Crippen molar-refractivity contribution < 1.29 is 4.79 Å². The Morgan fingerprint density at radius 2 is 1.94 bits per heavy atom. The maximum Gasteiger partial charge on any atom is 0.314 e. The number of carbonyl (C=O) groups is 1. The molecule has 1 aliphatic rings. The van der Waals surface area contributed by atoms with E-state index in [1.807, 2.05) is 12.4 Å². The molecule has 31 heavy (non-hydrogen) atoms. The molecular weight excluding hydrogens is 386 g/mol. The number of unbranched alkanes of at least 4 members (excludes halogenated alkanes) is 3. The molecular formula is C25H37N5O. The lowest BCUT2D eigenvalue weighted by Crippen LogP contribution is -2.33. The van der Waals surface area contributed by atoms with E-state index >= 15 is 0 Å². The average Bonchev–Trinajstić information content (AvgIpc) is 2.76. The number of hydrogen-bond acceptors (Lipinski definition) is 4. The lowest BCUT2D eigenvalue weighted by atomic mass is 9.90. The summed E-state index contributed by atoms with van der Waals surface area (Å²) in [6, 6.07) is 6.52. The zero-order chi connectivity index (χ0) is 22.2. The zero-order valence-electron chi connectivity index (χ0n) is 19.3. The van der Waals surface area contributed by atoms with E-state index in [4.69, 9.17) is 15.7 Å². The van der Waals surface area contributed by atoms with Gasteiger partial charge in [-0.2, -0.15) is 0 Å². The molecule has 168 valence electrons. The van der Waals surface area contributed by atoms with Crippen LogP contribution in [0, 0.1) is 13.8 Å². The molecule has 0 bridgehead atoms. The molecule has 6 nitrogen and oxygen atoms in total. The molecule has 3 rings (SSSR count). The van der Waals surface area contributed by atoms with Crippen molar-refractivity contribution >= 4 is 6.03 Å². The molecule has 1 atom stereocenters. The Labute approximate surface area is 186 Å². The van der Waals surface area contributed by atoms with Gasteiger partial charge in [0.05, 0.1) is 17.4 Å². The van der Waals surface area contributed by atoms with Gasteiger partial charge in [0.25, 0.3) is 0 Å². The number of carbonyl (C=O) groups excluding carboxylic acids is 1. The van der Waals surface area contributed by atoms with E-state index in [9.17, 15) is 4.79 Å². The van der Waals surface area contributed by atoms with E-state index in [1.165, 1.54) is 28.8 Å². The predicted octanol–water partition coefficient (Wildman–Crippen LogP) is 4.54. The lowest BCUT2D eigenvalue weighted by molar-refractivity contribution is 0.160. The van der Waals surface area contributed by atoms with Gasteiger partial charge < -0.3 is 10.6 Å². The standard InChI is InChI=1S/C25H37N5O/c1-19-16-20(2)22(28-17-19)18-30(15-7-5-4-6-14-29(3)25(26)31)23-12-8-10-21-11-9-13-27-24(21)23/h9,11,13,16-17,23H,4-8,10,12,14-15,18H2,1-3H3,(H2,26,31). The van der Waals surface area contributed by atoms with E-state index in [-0.39, 0.29) is 6.03 Å². The highest BCUT2D eigenvalue weighted by atomic mass is 16.2. The third kappa shape index (κ3) is 6.50. The molecule has 1 unspecified atom stereocenters. The van der Waals surface area contributed by atoms with Gasteiger partial charge in [0.15, 0.2) is 0 Å². The van der Waals surface area contributed by atoms with Gasteiger partial charge >= 0.3 is 6.03 Å². The second-order valence-electron chi connectivity index (χ2n) is 8.88. The Kier molecular flexibility index (Phi) is 8.41. The molecule has 0 spiro atoms. The summed E-state index contributed by atoms with van der Waals surface area (Å²) < 4.78 is 0. The van der Waals surface area contributed by atoms with Crippen LogP contribution in [0.1, 0.15) is 72.6 Å². The number of aromatic nitrogens is 2. The molecule has 0 fully saturated rings. The van der Waals surface area contributed by atoms with Crippen LogP contribution in [0.5, 0.6) is 0 Å². The van der Waals surface area contributed by atoms with Crippen molar-refractivity contribution in [1.82, 2.24) is 19.8 Å². The van der Waals surface area contributed by atoms with Gasteiger partial charge in [-0.3, -0.25) is 14.9 Å². The van der Waals surface area contributed by atoms with Gasteiger partial charge in [0.1, 0.15) is 0 Å². The first-order valence-corrected chi connectivity index (χ1v) is 11.6. The van der Waals surface area contributed by atoms with Crippen LogP contribution in [0.25, 0.3) is 0 Å². The number of nitrogens with two attached hydrogens (primary N) is 1. The number of primary amides is 1. The molecule has 0 saturated heterocycles. The normalized spacial score (nSPS) is 15.7. The minimum Gasteiger partial charge on any atom is -0.351 e. The second kappa shape index (κ2) is 11.2. The minimum absolute atomic E-state index is 0.351. The van der Waals surface area contributed by atoms with E-state index in [0.717, 1.165) is 63.9 Å². The van der Waals surface area contributed by atoms with Gasteiger partial charge in [-0.15, -0.1) is 0 Å². The third-order valence-corrected chi connectivity index (χ3v) is 6.35. The first-order chi connectivity index (χ1) is 15.0. The summed E-state index contributed by atoms with van der Waals surface area (Å²) in [6.07, 6.45) is 11.8. The predicted molar refractivity (Wildman–Crippen MR) is 125 cm³/mol. The molecule has 0 saturated carbocycles. The van der Waals surface area contributed by atoms with Crippen LogP contribution in [0.3, 0.4) is 0 Å². The van der Waals surface area contributed by atoms with Crippen LogP contribution in [0.15, 0.2) is 30.6 Å². The Bertz CT molecular complexity index is 869. The highest BCUT2D eigenvalue weighted by Gasteiger charge is 2.27. The van der Waals surface area contributed by atoms with Crippen LogP contribution in [0.2, 0.25) is 0 Å². The number of amides is 2. The summed E-state index contributed by atoms with van der Waals surface area (Å²) >= 11 is 0. The Hall–Kier alpha value is -2.47. The molecule has 2 aromatic rings. The van der Waals surface area contributed by atoms with Gasteiger partial charge in [-0.05, 0) is 75.3 Å². The SMILES string of the molecule is Cc1cnc(CN(CCCCCCN(C)C(N)=O)C2CCCc3cccnc32)c(C)c1. The topological polar surface area (TPSA) is 75.3 Å². The number of fused-ring (bicyclic) bond motifs is 1. The molecule has 2 N–H and O–H groups in total. The van der Waals surface area contributed by atoms with E-state index < -0.39 is 0 Å². The van der Waals surface area contributed by atoms with Crippen molar-refractivity contribution in [3.63, 3.8) is 0 Å². The van der Waals surface area contributed by atoms with Crippen LogP contribution in [0.4, 0.5) is 4.79 Å². The quantitative estimate of drug-likeness (QED) is 0.569. The van der Waals surface area contributed by atoms with E-state index in [1.54, 1.807) is 11.9 Å². The van der Waals surface area contributed by atoms with Crippen LogP contribution in [-0.2, 0) is 13.0 Å². The molecule has 2 heterocycles. The Morgan fingerprint density at radius 1 is 1.16 bits per heavy atom. The average molecular weight is 424 g/mol. The van der Waals surface area contributed by atoms with E-state index in [2.05, 4.69) is 36.9 Å². The molecule has 6 heteroatoms. The molecule has 0 aliphatic heterocycles. The highest BCUT2D eigenvalue weighted by Crippen LogP contribution is 2.34. The van der Waals surface area contributed by atoms with Gasteiger partial charge in [0, 0.05) is 32.5 Å². The van der Waals surface area contributed by atoms with E-state index in [0.29, 0.717) is 6.04 Å². The molecule has 2 aromatic heterocycles. The van der Waals surface area contributed by atoms with Crippen LogP contribution >= 0.6 is 0 Å². The number of aryl methyl sites for hydroxylation is 3. The summed E-state index contributed by atoms with van der Waals surface area (Å²) in [5.74, 6) is 0. The zero-order valence-corrected chi connectivity index (χ0v) is 19.3. The number of rotatable bonds is 10. The minimum atomic E-state index is -0.351. The van der Waals surface area contributed by atoms with Crippen LogP contribution < -0.4 is 5.73 Å². The first-order valence-electron chi connectivity index (χ1n) is 11.6. The van der Waals surface area contributed by atoms with Crippen molar-refractivity contribution in [1.29, 1.82) is 0 Å². The number of nitrogens with zero attached hydrogens (tertiary/aromatic N) is 4. The lowest BCUT2D eigenvalue weighted by Gasteiger charge is -2.35. The Balaban J connectivity index is 1.65. The Morgan fingerprint density at radius 3 is 2.68 bits per heavy atom. The van der Waals surface area contributed by atoms with Crippen molar-refractivity contribution in [3.8, 4) is 0 Å². The van der Waals surface area contributed by atoms with Crippen molar-refractivity contribution in [2.24, 2.45) is 5.73 Å². The molecule has 1 aliphatic carbocycles. The number of pyridine rings is 2. The fourth-order valence-electron chi connectivity index (χ4n) is 4.51. The number of urea groups is 1. The maximum atomic E-state index is 11.1. The molecule has 2 amide bonds. The monoisotopic (exact) mass is 423 g/mol. The fourth-order valence-corrected chi connectivity index (χ4v) is 4.51. The number of hydrogen-bond donors (Lipinski definition) is 1. The maximum absolute atomic E-state index is 11.1. The van der Waals surface area contributed by atoms with Gasteiger partial charge in [0.2, 0.25) is 0 Å². The second-order valence-corrected chi connectivity index (χ2v) is 8.88. The largest absolute Gasteiger partial charge is 0.351 e. The molecule has 0 aromatic carbocycles. The first kappa shape index (κ1) is 23.2. The van der Waals surface area contributed by atoms with Crippen LogP contribution in [-0.4, -0.2) is 45.9 Å². The molecule has 0 radical (unpaired) electrons. The third-order valence-electron chi connectivity index (χ3n) is 6.35. The van der Waals surface area contributed by atoms with Crippen molar-refractivity contribution in [2.45, 2.75) is 71.4 Å². The van der Waals surface area contributed by atoms with Crippen molar-refractivity contribution in [2.75, 3.05) is 20.1 Å². The summed E-state index contributed by atoms with van der Waals surface area (Å²) in [5.41, 5.74) is 11.6. The summed E-state index contributed by atoms with van der Waals surface area (Å²) in [5, 5.41) is 0. The van der Waals surface area contributed by atoms with Crippen molar-refractivity contribution in [3.05, 3.63) is 58.7 Å². The highest BCUT2D eigenvalue weighted by molar-refractivity contribution is 5.71. The summed E-state index contributed by atoms with van der Waals surface area (Å²) in [6.45, 7) is 6.87. The summed E-state index contributed by atoms with van der Waals surface area (Å²) in [4.78, 5) is 24.8.